The Morgan fingerprint density at radius 1 is 1.27 bits per heavy atom. The van der Waals surface area contributed by atoms with Gasteiger partial charge in [-0.1, -0.05) is 18.0 Å². The Hall–Kier alpha value is -1.34. The summed E-state index contributed by atoms with van der Waals surface area (Å²) in [6.45, 7) is 0.379. The van der Waals surface area contributed by atoms with Crippen molar-refractivity contribution >= 4 is 17.5 Å². The summed E-state index contributed by atoms with van der Waals surface area (Å²) >= 11 is 6.44. The minimum absolute atomic E-state index is 0.113. The lowest BCUT2D eigenvalue weighted by Gasteiger charge is -2.36. The number of phenols is 1. The van der Waals surface area contributed by atoms with E-state index in [9.17, 15) is 15.0 Å². The molecule has 0 unspecified atom stereocenters. The number of nitrogens with two attached hydrogens (primary N) is 1. The number of phenolic OH excluding ortho intramolecular Hbond substituents is 1. The van der Waals surface area contributed by atoms with Crippen LogP contribution in [0.25, 0.3) is 0 Å². The zero-order valence-electron chi connectivity index (χ0n) is 14.8. The third-order valence-electron chi connectivity index (χ3n) is 5.87. The van der Waals surface area contributed by atoms with E-state index < -0.39 is 18.6 Å². The molecule has 26 heavy (non-hydrogen) atoms. The number of piperidine rings is 1. The van der Waals surface area contributed by atoms with E-state index in [1.807, 2.05) is 0 Å². The summed E-state index contributed by atoms with van der Waals surface area (Å²) in [5.74, 6) is 0.293. The van der Waals surface area contributed by atoms with E-state index in [0.29, 0.717) is 42.4 Å². The summed E-state index contributed by atoms with van der Waals surface area (Å²) in [6.07, 6.45) is 3.40. The topological polar surface area (TPSA) is 107 Å². The average Bonchev–Trinajstić information content (AvgIpc) is 2.61. The molecule has 0 bridgehead atoms. The number of aliphatic hydroxyl groups is 2. The minimum atomic E-state index is -1.36. The van der Waals surface area contributed by atoms with E-state index in [0.717, 1.165) is 18.4 Å². The summed E-state index contributed by atoms with van der Waals surface area (Å²) < 4.78 is 0. The van der Waals surface area contributed by atoms with E-state index in [2.05, 4.69) is 0 Å². The Bertz CT molecular complexity index is 657. The molecule has 6 nitrogen and oxygen atoms in total. The third-order valence-corrected chi connectivity index (χ3v) is 6.19. The first-order valence-corrected chi connectivity index (χ1v) is 9.65. The van der Waals surface area contributed by atoms with Crippen LogP contribution in [-0.2, 0) is 4.79 Å². The van der Waals surface area contributed by atoms with Gasteiger partial charge in [0.15, 0.2) is 6.10 Å². The number of aromatic hydroxyl groups is 1. The number of nitrogens with zero attached hydrogens (tertiary/aromatic N) is 1. The van der Waals surface area contributed by atoms with Crippen molar-refractivity contribution in [2.75, 3.05) is 19.7 Å². The monoisotopic (exact) mass is 382 g/mol. The fraction of sp³-hybridized carbons (Fsp3) is 0.632. The van der Waals surface area contributed by atoms with E-state index in [1.165, 1.54) is 6.42 Å². The standard InChI is InChI=1S/C19H27ClN2O4/c20-15-8-14(16(24)9-13(15)11-2-1-3-11)18(21)12-4-6-22(7-5-12)19(26)17(25)10-23/h8-9,11-12,17-18,23-25H,1-7,10,21H2/t17-,18-/m1/s1. The van der Waals surface area contributed by atoms with Crippen molar-refractivity contribution in [2.45, 2.75) is 50.2 Å². The largest absolute Gasteiger partial charge is 0.508 e. The highest BCUT2D eigenvalue weighted by atomic mass is 35.5. The summed E-state index contributed by atoms with van der Waals surface area (Å²) in [7, 11) is 0. The van der Waals surface area contributed by atoms with Gasteiger partial charge in [-0.25, -0.2) is 0 Å². The molecular weight excluding hydrogens is 356 g/mol. The number of hydrogen-bond donors (Lipinski definition) is 4. The highest BCUT2D eigenvalue weighted by molar-refractivity contribution is 6.31. The molecule has 1 aromatic rings. The summed E-state index contributed by atoms with van der Waals surface area (Å²) in [5.41, 5.74) is 8.06. The van der Waals surface area contributed by atoms with Gasteiger partial charge in [0.1, 0.15) is 5.75 Å². The van der Waals surface area contributed by atoms with Crippen LogP contribution in [0.5, 0.6) is 5.75 Å². The van der Waals surface area contributed by atoms with Crippen molar-refractivity contribution in [3.8, 4) is 5.75 Å². The van der Waals surface area contributed by atoms with Crippen molar-refractivity contribution in [3.63, 3.8) is 0 Å². The van der Waals surface area contributed by atoms with Crippen LogP contribution in [0.3, 0.4) is 0 Å². The predicted molar refractivity (Wildman–Crippen MR) is 99.0 cm³/mol. The molecular formula is C19H27ClN2O4. The van der Waals surface area contributed by atoms with Gasteiger partial charge in [0.05, 0.1) is 6.61 Å². The van der Waals surface area contributed by atoms with Crippen LogP contribution in [-0.4, -0.2) is 51.9 Å². The van der Waals surface area contributed by atoms with Crippen molar-refractivity contribution in [1.29, 1.82) is 0 Å². The fourth-order valence-electron chi connectivity index (χ4n) is 3.91. The predicted octanol–water partition coefficient (Wildman–Crippen LogP) is 1.90. The van der Waals surface area contributed by atoms with Gasteiger partial charge in [0.2, 0.25) is 0 Å². The number of carbonyl (C=O) groups excluding carboxylic acids is 1. The minimum Gasteiger partial charge on any atom is -0.508 e. The molecule has 1 saturated carbocycles. The van der Waals surface area contributed by atoms with Crippen LogP contribution in [0.2, 0.25) is 5.02 Å². The molecule has 2 fully saturated rings. The molecule has 1 saturated heterocycles. The Kier molecular flexibility index (Phi) is 6.07. The summed E-state index contributed by atoms with van der Waals surface area (Å²) in [4.78, 5) is 13.5. The molecule has 5 N–H and O–H groups in total. The Morgan fingerprint density at radius 2 is 1.92 bits per heavy atom. The second-order valence-corrected chi connectivity index (χ2v) is 7.85. The molecule has 0 aromatic heterocycles. The highest BCUT2D eigenvalue weighted by Crippen LogP contribution is 2.44. The lowest BCUT2D eigenvalue weighted by Crippen LogP contribution is -2.46. The van der Waals surface area contributed by atoms with Gasteiger partial charge in [-0.3, -0.25) is 4.79 Å². The van der Waals surface area contributed by atoms with Crippen molar-refractivity contribution in [3.05, 3.63) is 28.3 Å². The Labute approximate surface area is 158 Å². The number of rotatable bonds is 5. The average molecular weight is 383 g/mol. The number of aliphatic hydroxyl groups excluding tert-OH is 2. The van der Waals surface area contributed by atoms with Gasteiger partial charge < -0.3 is 26.0 Å². The maximum atomic E-state index is 11.9. The van der Waals surface area contributed by atoms with Crippen LogP contribution >= 0.6 is 11.6 Å². The van der Waals surface area contributed by atoms with Crippen LogP contribution in [0, 0.1) is 5.92 Å². The first-order valence-electron chi connectivity index (χ1n) is 9.28. The van der Waals surface area contributed by atoms with Crippen LogP contribution in [0.1, 0.15) is 55.2 Å². The van der Waals surface area contributed by atoms with Crippen molar-refractivity contribution < 1.29 is 20.1 Å². The number of halogens is 1. The van der Waals surface area contributed by atoms with E-state index in [1.54, 1.807) is 17.0 Å². The number of likely N-dealkylation sites (tertiary alicyclic amines) is 1. The van der Waals surface area contributed by atoms with Crippen LogP contribution < -0.4 is 5.73 Å². The molecule has 3 rings (SSSR count). The Morgan fingerprint density at radius 3 is 2.46 bits per heavy atom. The number of amides is 1. The van der Waals surface area contributed by atoms with Gasteiger partial charge in [-0.15, -0.1) is 0 Å². The first kappa shape index (κ1) is 19.4. The zero-order valence-corrected chi connectivity index (χ0v) is 15.5. The lowest BCUT2D eigenvalue weighted by molar-refractivity contribution is -0.143. The first-order chi connectivity index (χ1) is 12.4. The molecule has 1 aromatic carbocycles. The molecule has 1 amide bonds. The number of carbonyl (C=O) groups is 1. The van der Waals surface area contributed by atoms with E-state index in [4.69, 9.17) is 22.4 Å². The molecule has 7 heteroatoms. The normalized spacial score (nSPS) is 21.3. The maximum Gasteiger partial charge on any atom is 0.253 e. The van der Waals surface area contributed by atoms with Gasteiger partial charge >= 0.3 is 0 Å². The summed E-state index contributed by atoms with van der Waals surface area (Å²) in [6, 6.07) is 3.20. The smallest absolute Gasteiger partial charge is 0.253 e. The SMILES string of the molecule is N[C@@H](c1cc(Cl)c(C2CCC2)cc1O)C1CCN(C(=O)[C@H](O)CO)CC1. The fourth-order valence-corrected chi connectivity index (χ4v) is 4.24. The number of benzene rings is 1. The van der Waals surface area contributed by atoms with Crippen molar-refractivity contribution in [2.24, 2.45) is 11.7 Å². The Balaban J connectivity index is 1.66. The van der Waals surface area contributed by atoms with Crippen molar-refractivity contribution in [1.82, 2.24) is 4.90 Å². The quantitative estimate of drug-likeness (QED) is 0.622. The molecule has 0 radical (unpaired) electrons. The highest BCUT2D eigenvalue weighted by Gasteiger charge is 2.31. The lowest BCUT2D eigenvalue weighted by atomic mass is 9.78. The van der Waals surface area contributed by atoms with Gasteiger partial charge in [0.25, 0.3) is 5.91 Å². The molecule has 0 spiro atoms. The molecule has 1 aliphatic heterocycles. The second-order valence-electron chi connectivity index (χ2n) is 7.45. The van der Waals surface area contributed by atoms with Gasteiger partial charge in [-0.05, 0) is 55.2 Å². The molecule has 2 aliphatic rings. The molecule has 1 aliphatic carbocycles. The maximum absolute atomic E-state index is 11.9. The van der Waals surface area contributed by atoms with E-state index >= 15 is 0 Å². The molecule has 2 atom stereocenters. The van der Waals surface area contributed by atoms with Crippen LogP contribution in [0.15, 0.2) is 12.1 Å². The summed E-state index contributed by atoms with van der Waals surface area (Å²) in [5, 5.41) is 29.5. The zero-order chi connectivity index (χ0) is 18.8. The van der Waals surface area contributed by atoms with E-state index in [-0.39, 0.29) is 17.7 Å². The second kappa shape index (κ2) is 8.13. The molecule has 144 valence electrons. The third kappa shape index (κ3) is 3.83. The molecule has 1 heterocycles. The van der Waals surface area contributed by atoms with Crippen LogP contribution in [0.4, 0.5) is 0 Å². The van der Waals surface area contributed by atoms with Gasteiger partial charge in [0, 0.05) is 29.7 Å². The van der Waals surface area contributed by atoms with Gasteiger partial charge in [-0.2, -0.15) is 0 Å². The number of hydrogen-bond acceptors (Lipinski definition) is 5.